The van der Waals surface area contributed by atoms with Gasteiger partial charge in [-0.25, -0.2) is 4.79 Å². The van der Waals surface area contributed by atoms with Gasteiger partial charge in [-0.15, -0.1) is 0 Å². The lowest BCUT2D eigenvalue weighted by atomic mass is 10.1. The summed E-state index contributed by atoms with van der Waals surface area (Å²) in [5.41, 5.74) is 8.15. The number of rotatable bonds is 6. The first-order valence-electron chi connectivity index (χ1n) is 10.6. The first kappa shape index (κ1) is 27.0. The van der Waals surface area contributed by atoms with E-state index < -0.39 is 27.7 Å². The van der Waals surface area contributed by atoms with Crippen LogP contribution in [0, 0.1) is 6.92 Å². The van der Waals surface area contributed by atoms with E-state index in [1.165, 1.54) is 12.1 Å². The second-order valence-corrected chi connectivity index (χ2v) is 10.1. The molecule has 7 nitrogen and oxygen atoms in total. The largest absolute Gasteiger partial charge is 0.489 e. The summed E-state index contributed by atoms with van der Waals surface area (Å²) >= 11 is 0. The lowest BCUT2D eigenvalue weighted by molar-refractivity contribution is -0.156. The van der Waals surface area contributed by atoms with Crippen LogP contribution in [0.5, 0.6) is 5.75 Å². The summed E-state index contributed by atoms with van der Waals surface area (Å²) in [5, 5.41) is 0. The summed E-state index contributed by atoms with van der Waals surface area (Å²) < 4.78 is 40.6. The number of nitrogens with two attached hydrogens (primary N) is 1. The lowest BCUT2D eigenvalue weighted by Crippen LogP contribution is -2.31. The topological polar surface area (TPSA) is 116 Å². The Labute approximate surface area is 201 Å². The standard InChI is InChI=1S/C19H23NO3.C7H8O3S/c1-19(2,3)23-18(21)17(20)15-9-11-16(12-10-15)22-13-14-7-5-4-6-8-14;1-6-2-4-7(5-3-6)11(8,9)10/h4-12,17H,13,20H2,1-3H3;2-5H,1H3,(H,8,9,10)/t17-;/m1./s1. The van der Waals surface area contributed by atoms with Gasteiger partial charge in [0.1, 0.15) is 24.0 Å². The van der Waals surface area contributed by atoms with Crippen LogP contribution in [0.4, 0.5) is 0 Å². The van der Waals surface area contributed by atoms with Gasteiger partial charge < -0.3 is 15.2 Å². The van der Waals surface area contributed by atoms with Gasteiger partial charge in [0.05, 0.1) is 4.90 Å². The fourth-order valence-electron chi connectivity index (χ4n) is 2.72. The number of carbonyl (C=O) groups is 1. The summed E-state index contributed by atoms with van der Waals surface area (Å²) in [6.45, 7) is 7.79. The van der Waals surface area contributed by atoms with Crippen LogP contribution in [0.1, 0.15) is 43.5 Å². The molecular weight excluding hydrogens is 454 g/mol. The quantitative estimate of drug-likeness (QED) is 0.379. The molecule has 0 saturated carbocycles. The molecule has 0 radical (unpaired) electrons. The Bertz CT molecular complexity index is 1150. The van der Waals surface area contributed by atoms with Crippen molar-refractivity contribution >= 4 is 16.1 Å². The van der Waals surface area contributed by atoms with Crippen molar-refractivity contribution < 1.29 is 27.2 Å². The molecule has 0 spiro atoms. The molecule has 34 heavy (non-hydrogen) atoms. The van der Waals surface area contributed by atoms with Crippen molar-refractivity contribution in [1.29, 1.82) is 0 Å². The molecular formula is C26H31NO6S. The van der Waals surface area contributed by atoms with Gasteiger partial charge in [-0.3, -0.25) is 4.55 Å². The number of esters is 1. The average Bonchev–Trinajstić information content (AvgIpc) is 2.77. The maximum Gasteiger partial charge on any atom is 0.328 e. The highest BCUT2D eigenvalue weighted by Gasteiger charge is 2.23. The SMILES string of the molecule is CC(C)(C)OC(=O)[C@H](N)c1ccc(OCc2ccccc2)cc1.Cc1ccc(S(=O)(=O)O)cc1. The number of hydrogen-bond acceptors (Lipinski definition) is 6. The third-order valence-electron chi connectivity index (χ3n) is 4.47. The zero-order valence-corrected chi connectivity index (χ0v) is 20.6. The molecule has 0 aliphatic carbocycles. The number of benzene rings is 3. The lowest BCUT2D eigenvalue weighted by Gasteiger charge is -2.22. The molecule has 0 bridgehead atoms. The van der Waals surface area contributed by atoms with Gasteiger partial charge in [-0.2, -0.15) is 8.42 Å². The zero-order valence-electron chi connectivity index (χ0n) is 19.8. The third-order valence-corrected chi connectivity index (χ3v) is 5.33. The molecule has 0 heterocycles. The summed E-state index contributed by atoms with van der Waals surface area (Å²) in [4.78, 5) is 11.9. The minimum Gasteiger partial charge on any atom is -0.489 e. The summed E-state index contributed by atoms with van der Waals surface area (Å²) in [6.07, 6.45) is 0. The normalized spacial score (nSPS) is 12.2. The van der Waals surface area contributed by atoms with Crippen LogP contribution in [-0.4, -0.2) is 24.5 Å². The van der Waals surface area contributed by atoms with Gasteiger partial charge in [-0.1, -0.05) is 60.2 Å². The van der Waals surface area contributed by atoms with Gasteiger partial charge >= 0.3 is 5.97 Å². The molecule has 0 aromatic heterocycles. The molecule has 0 saturated heterocycles. The summed E-state index contributed by atoms with van der Waals surface area (Å²) in [7, 11) is -4.02. The molecule has 3 N–H and O–H groups in total. The van der Waals surface area contributed by atoms with Crippen LogP contribution in [0.25, 0.3) is 0 Å². The average molecular weight is 486 g/mol. The first-order valence-corrected chi connectivity index (χ1v) is 12.1. The monoisotopic (exact) mass is 485 g/mol. The Morgan fingerprint density at radius 2 is 1.50 bits per heavy atom. The highest BCUT2D eigenvalue weighted by molar-refractivity contribution is 7.85. The Morgan fingerprint density at radius 3 is 2.00 bits per heavy atom. The number of aryl methyl sites for hydroxylation is 1. The van der Waals surface area contributed by atoms with Crippen LogP contribution in [0.15, 0.2) is 83.8 Å². The van der Waals surface area contributed by atoms with Crippen molar-refractivity contribution in [3.63, 3.8) is 0 Å². The Morgan fingerprint density at radius 1 is 0.941 bits per heavy atom. The smallest absolute Gasteiger partial charge is 0.328 e. The van der Waals surface area contributed by atoms with E-state index >= 15 is 0 Å². The van der Waals surface area contributed by atoms with Crippen LogP contribution < -0.4 is 10.5 Å². The molecule has 3 rings (SSSR count). The van der Waals surface area contributed by atoms with Gasteiger partial charge in [0.15, 0.2) is 0 Å². The van der Waals surface area contributed by atoms with Crippen LogP contribution in [0.2, 0.25) is 0 Å². The number of hydrogen-bond donors (Lipinski definition) is 2. The van der Waals surface area contributed by atoms with E-state index in [1.807, 2.05) is 70.2 Å². The number of carbonyl (C=O) groups excluding carboxylic acids is 1. The Balaban J connectivity index is 0.000000310. The van der Waals surface area contributed by atoms with Crippen LogP contribution >= 0.6 is 0 Å². The van der Waals surface area contributed by atoms with E-state index in [0.717, 1.165) is 16.9 Å². The van der Waals surface area contributed by atoms with Crippen molar-refractivity contribution in [3.05, 3.63) is 95.6 Å². The van der Waals surface area contributed by atoms with Crippen LogP contribution in [-0.2, 0) is 26.3 Å². The van der Waals surface area contributed by atoms with E-state index in [1.54, 1.807) is 24.3 Å². The number of ether oxygens (including phenoxy) is 2. The minimum absolute atomic E-state index is 0.0666. The maximum atomic E-state index is 12.0. The summed E-state index contributed by atoms with van der Waals surface area (Å²) in [6, 6.07) is 22.3. The van der Waals surface area contributed by atoms with Gasteiger partial charge in [0.25, 0.3) is 10.1 Å². The molecule has 0 fully saturated rings. The summed E-state index contributed by atoms with van der Waals surface area (Å²) in [5.74, 6) is 0.296. The molecule has 0 amide bonds. The zero-order chi connectivity index (χ0) is 25.4. The molecule has 1 atom stereocenters. The predicted molar refractivity (Wildman–Crippen MR) is 131 cm³/mol. The Kier molecular flexibility index (Phi) is 9.37. The molecule has 3 aromatic rings. The van der Waals surface area contributed by atoms with Gasteiger partial charge in [0.2, 0.25) is 0 Å². The Hall–Kier alpha value is -3.20. The molecule has 8 heteroatoms. The molecule has 182 valence electrons. The van der Waals surface area contributed by atoms with Crippen molar-refractivity contribution in [1.82, 2.24) is 0 Å². The molecule has 0 unspecified atom stereocenters. The fraction of sp³-hybridized carbons (Fsp3) is 0.269. The van der Waals surface area contributed by atoms with Crippen molar-refractivity contribution in [2.45, 2.75) is 50.8 Å². The minimum atomic E-state index is -4.02. The molecule has 0 aliphatic heterocycles. The second kappa shape index (κ2) is 11.8. The highest BCUT2D eigenvalue weighted by atomic mass is 32.2. The van der Waals surface area contributed by atoms with E-state index in [9.17, 15) is 13.2 Å². The van der Waals surface area contributed by atoms with Crippen molar-refractivity contribution in [3.8, 4) is 5.75 Å². The first-order chi connectivity index (χ1) is 15.8. The highest BCUT2D eigenvalue weighted by Crippen LogP contribution is 2.20. The van der Waals surface area contributed by atoms with E-state index in [4.69, 9.17) is 19.8 Å². The molecule has 0 aliphatic rings. The van der Waals surface area contributed by atoms with Gasteiger partial charge in [0, 0.05) is 0 Å². The maximum absolute atomic E-state index is 12.0. The van der Waals surface area contributed by atoms with E-state index in [2.05, 4.69) is 0 Å². The van der Waals surface area contributed by atoms with Crippen LogP contribution in [0.3, 0.4) is 0 Å². The predicted octanol–water partition coefficient (Wildman–Crippen LogP) is 4.85. The third kappa shape index (κ3) is 9.35. The van der Waals surface area contributed by atoms with Gasteiger partial charge in [-0.05, 0) is 63.1 Å². The fourth-order valence-corrected chi connectivity index (χ4v) is 3.20. The van der Waals surface area contributed by atoms with Crippen molar-refractivity contribution in [2.75, 3.05) is 0 Å². The molecule has 3 aromatic carbocycles. The van der Waals surface area contributed by atoms with E-state index in [0.29, 0.717) is 12.2 Å². The van der Waals surface area contributed by atoms with E-state index in [-0.39, 0.29) is 4.90 Å². The van der Waals surface area contributed by atoms with Crippen molar-refractivity contribution in [2.24, 2.45) is 5.73 Å². The second-order valence-electron chi connectivity index (χ2n) is 8.64.